The Morgan fingerprint density at radius 3 is 2.64 bits per heavy atom. The molecule has 1 aliphatic rings. The SMILES string of the molecule is O=C(NCc1ccccc1)c1cc(OC2CCNCC2)ccc1NI. The molecule has 2 aromatic carbocycles. The summed E-state index contributed by atoms with van der Waals surface area (Å²) in [6.45, 7) is 2.45. The number of carbonyl (C=O) groups excluding carboxylic acids is 1. The lowest BCUT2D eigenvalue weighted by Crippen LogP contribution is -2.34. The van der Waals surface area contributed by atoms with Crippen LogP contribution >= 0.6 is 22.9 Å². The van der Waals surface area contributed by atoms with Crippen LogP contribution in [-0.2, 0) is 6.54 Å². The summed E-state index contributed by atoms with van der Waals surface area (Å²) in [7, 11) is 0. The van der Waals surface area contributed by atoms with E-state index >= 15 is 0 Å². The number of nitrogens with one attached hydrogen (secondary N) is 3. The molecular formula is C19H22IN3O2. The normalized spacial score (nSPS) is 14.8. The summed E-state index contributed by atoms with van der Waals surface area (Å²) in [5.74, 6) is 0.631. The maximum Gasteiger partial charge on any atom is 0.253 e. The minimum absolute atomic E-state index is 0.112. The highest BCUT2D eigenvalue weighted by molar-refractivity contribution is 14.1. The number of ether oxygens (including phenoxy) is 1. The van der Waals surface area contributed by atoms with Crippen LogP contribution in [0, 0.1) is 0 Å². The van der Waals surface area contributed by atoms with E-state index in [2.05, 4.69) is 14.2 Å². The van der Waals surface area contributed by atoms with Crippen molar-refractivity contribution in [2.24, 2.45) is 0 Å². The number of hydrogen-bond acceptors (Lipinski definition) is 4. The number of rotatable bonds is 6. The van der Waals surface area contributed by atoms with Gasteiger partial charge in [-0.2, -0.15) is 0 Å². The number of piperidine rings is 1. The Morgan fingerprint density at radius 1 is 1.16 bits per heavy atom. The molecule has 0 aromatic heterocycles. The van der Waals surface area contributed by atoms with Crippen molar-refractivity contribution in [2.75, 3.05) is 16.6 Å². The number of halogens is 1. The summed E-state index contributed by atoms with van der Waals surface area (Å²) in [6, 6.07) is 15.5. The van der Waals surface area contributed by atoms with Crippen molar-refractivity contribution in [2.45, 2.75) is 25.5 Å². The fourth-order valence-electron chi connectivity index (χ4n) is 2.85. The van der Waals surface area contributed by atoms with Crippen LogP contribution in [0.15, 0.2) is 48.5 Å². The van der Waals surface area contributed by atoms with E-state index in [1.165, 1.54) is 0 Å². The van der Waals surface area contributed by atoms with Gasteiger partial charge in [0.05, 0.1) is 34.1 Å². The van der Waals surface area contributed by atoms with Gasteiger partial charge in [0, 0.05) is 6.54 Å². The van der Waals surface area contributed by atoms with E-state index < -0.39 is 0 Å². The topological polar surface area (TPSA) is 62.4 Å². The zero-order chi connectivity index (χ0) is 17.5. The molecule has 0 bridgehead atoms. The third-order valence-electron chi connectivity index (χ3n) is 4.22. The summed E-state index contributed by atoms with van der Waals surface area (Å²) < 4.78 is 9.11. The zero-order valence-corrected chi connectivity index (χ0v) is 16.1. The number of amides is 1. The lowest BCUT2D eigenvalue weighted by atomic mass is 10.1. The lowest BCUT2D eigenvalue weighted by molar-refractivity contribution is 0.0950. The molecule has 2 aromatic rings. The fraction of sp³-hybridized carbons (Fsp3) is 0.316. The van der Waals surface area contributed by atoms with Crippen LogP contribution in [0.25, 0.3) is 0 Å². The molecule has 25 heavy (non-hydrogen) atoms. The van der Waals surface area contributed by atoms with Gasteiger partial charge in [0.1, 0.15) is 11.9 Å². The first-order valence-electron chi connectivity index (χ1n) is 8.46. The zero-order valence-electron chi connectivity index (χ0n) is 13.9. The van der Waals surface area contributed by atoms with Crippen molar-refractivity contribution in [1.82, 2.24) is 10.6 Å². The van der Waals surface area contributed by atoms with Gasteiger partial charge in [-0.3, -0.25) is 4.79 Å². The monoisotopic (exact) mass is 451 g/mol. The second-order valence-corrected chi connectivity index (χ2v) is 6.58. The van der Waals surface area contributed by atoms with Crippen LogP contribution in [0.5, 0.6) is 5.75 Å². The standard InChI is InChI=1S/C19H22IN3O2/c20-23-18-7-6-16(25-15-8-10-21-11-9-15)12-17(18)19(24)22-13-14-4-2-1-3-5-14/h1-7,12,15,21,23H,8-11,13H2,(H,22,24). The molecule has 1 saturated heterocycles. The first-order valence-corrected chi connectivity index (χ1v) is 9.54. The molecule has 5 nitrogen and oxygen atoms in total. The van der Waals surface area contributed by atoms with Gasteiger partial charge in [0.15, 0.2) is 0 Å². The third-order valence-corrected chi connectivity index (χ3v) is 4.80. The molecule has 1 aliphatic heterocycles. The highest BCUT2D eigenvalue weighted by atomic mass is 127. The van der Waals surface area contributed by atoms with Crippen LogP contribution < -0.4 is 18.9 Å². The van der Waals surface area contributed by atoms with E-state index in [0.717, 1.165) is 42.9 Å². The van der Waals surface area contributed by atoms with Crippen LogP contribution in [0.2, 0.25) is 0 Å². The quantitative estimate of drug-likeness (QED) is 0.465. The van der Waals surface area contributed by atoms with Gasteiger partial charge >= 0.3 is 0 Å². The fourth-order valence-corrected chi connectivity index (χ4v) is 3.32. The summed E-state index contributed by atoms with van der Waals surface area (Å²) in [4.78, 5) is 12.6. The molecule has 3 rings (SSSR count). The van der Waals surface area contributed by atoms with Crippen molar-refractivity contribution < 1.29 is 9.53 Å². The molecular weight excluding hydrogens is 429 g/mol. The predicted molar refractivity (Wildman–Crippen MR) is 108 cm³/mol. The third kappa shape index (κ3) is 5.09. The lowest BCUT2D eigenvalue weighted by Gasteiger charge is -2.24. The minimum atomic E-state index is -0.112. The first-order chi connectivity index (χ1) is 12.3. The van der Waals surface area contributed by atoms with E-state index in [4.69, 9.17) is 4.74 Å². The number of hydrogen-bond donors (Lipinski definition) is 3. The molecule has 0 unspecified atom stereocenters. The Labute approximate surface area is 162 Å². The van der Waals surface area contributed by atoms with Gasteiger partial charge in [0.2, 0.25) is 0 Å². The van der Waals surface area contributed by atoms with Crippen LogP contribution in [0.4, 0.5) is 5.69 Å². The van der Waals surface area contributed by atoms with Crippen molar-refractivity contribution in [1.29, 1.82) is 0 Å². The van der Waals surface area contributed by atoms with Crippen molar-refractivity contribution >= 4 is 34.5 Å². The molecule has 1 fully saturated rings. The molecule has 0 aliphatic carbocycles. The smallest absolute Gasteiger partial charge is 0.253 e. The summed E-state index contributed by atoms with van der Waals surface area (Å²) >= 11 is 2.04. The average Bonchev–Trinajstić information content (AvgIpc) is 2.67. The van der Waals surface area contributed by atoms with E-state index in [-0.39, 0.29) is 12.0 Å². The largest absolute Gasteiger partial charge is 0.490 e. The molecule has 132 valence electrons. The summed E-state index contributed by atoms with van der Waals surface area (Å²) in [5.41, 5.74) is 2.45. The highest BCUT2D eigenvalue weighted by Gasteiger charge is 2.17. The molecule has 0 saturated carbocycles. The average molecular weight is 451 g/mol. The maximum absolute atomic E-state index is 12.6. The van der Waals surface area contributed by atoms with E-state index in [1.54, 1.807) is 0 Å². The molecule has 1 heterocycles. The van der Waals surface area contributed by atoms with Crippen molar-refractivity contribution in [3.63, 3.8) is 0 Å². The predicted octanol–water partition coefficient (Wildman–Crippen LogP) is 3.51. The summed E-state index contributed by atoms with van der Waals surface area (Å²) in [5, 5.41) is 6.30. The van der Waals surface area contributed by atoms with Gasteiger partial charge in [-0.25, -0.2) is 0 Å². The summed E-state index contributed by atoms with van der Waals surface area (Å²) in [6.07, 6.45) is 2.18. The molecule has 0 spiro atoms. The Kier molecular flexibility index (Phi) is 6.52. The first kappa shape index (κ1) is 18.0. The van der Waals surface area contributed by atoms with Gasteiger partial charge in [-0.05, 0) is 49.7 Å². The molecule has 1 amide bonds. The Balaban J connectivity index is 1.69. The van der Waals surface area contributed by atoms with E-state index in [0.29, 0.717) is 12.1 Å². The molecule has 0 atom stereocenters. The van der Waals surface area contributed by atoms with Gasteiger partial charge < -0.3 is 18.9 Å². The molecule has 6 heteroatoms. The minimum Gasteiger partial charge on any atom is -0.490 e. The molecule has 0 radical (unpaired) electrons. The highest BCUT2D eigenvalue weighted by Crippen LogP contribution is 2.25. The second kappa shape index (κ2) is 9.05. The Morgan fingerprint density at radius 2 is 1.92 bits per heavy atom. The maximum atomic E-state index is 12.6. The van der Waals surface area contributed by atoms with Crippen LogP contribution in [0.1, 0.15) is 28.8 Å². The number of carbonyl (C=O) groups is 1. The number of benzene rings is 2. The van der Waals surface area contributed by atoms with E-state index in [1.807, 2.05) is 71.4 Å². The van der Waals surface area contributed by atoms with Gasteiger partial charge in [0.25, 0.3) is 5.91 Å². The number of anilines is 1. The second-order valence-electron chi connectivity index (χ2n) is 6.04. The van der Waals surface area contributed by atoms with Gasteiger partial charge in [-0.15, -0.1) is 0 Å². The van der Waals surface area contributed by atoms with Crippen LogP contribution in [-0.4, -0.2) is 25.1 Å². The Hall–Kier alpha value is -1.80. The van der Waals surface area contributed by atoms with Crippen molar-refractivity contribution in [3.8, 4) is 5.75 Å². The Bertz CT molecular complexity index is 703. The van der Waals surface area contributed by atoms with Crippen molar-refractivity contribution in [3.05, 3.63) is 59.7 Å². The van der Waals surface area contributed by atoms with Gasteiger partial charge in [-0.1, -0.05) is 30.3 Å². The molecule has 3 N–H and O–H groups in total. The van der Waals surface area contributed by atoms with E-state index in [9.17, 15) is 4.79 Å². The van der Waals surface area contributed by atoms with Crippen LogP contribution in [0.3, 0.4) is 0 Å².